The van der Waals surface area contributed by atoms with Crippen LogP contribution in [0.5, 0.6) is 0 Å². The molecule has 0 fully saturated rings. The summed E-state index contributed by atoms with van der Waals surface area (Å²) in [5.41, 5.74) is 1.35. The van der Waals surface area contributed by atoms with Gasteiger partial charge in [0.15, 0.2) is 0 Å². The fourth-order valence-electron chi connectivity index (χ4n) is 1.39. The lowest BCUT2D eigenvalue weighted by molar-refractivity contribution is 0.278. The highest BCUT2D eigenvalue weighted by Gasteiger charge is 1.93. The Kier molecular flexibility index (Phi) is 4.30. The monoisotopic (exact) mass is 204 g/mol. The first-order valence-electron chi connectivity index (χ1n) is 4.60. The third-order valence-corrected chi connectivity index (χ3v) is 2.01. The zero-order chi connectivity index (χ0) is 11.3. The van der Waals surface area contributed by atoms with Gasteiger partial charge in [-0.25, -0.2) is 0 Å². The summed E-state index contributed by atoms with van der Waals surface area (Å²) in [6, 6.07) is 14.8. The average Bonchev–Trinajstić information content (AvgIpc) is 2.18. The second-order valence-corrected chi connectivity index (χ2v) is 3.14. The molecule has 0 aromatic heterocycles. The molecule has 0 aliphatic heterocycles. The van der Waals surface area contributed by atoms with Crippen molar-refractivity contribution in [2.45, 2.75) is 6.92 Å². The molecular weight excluding hydrogens is 191 g/mol. The van der Waals surface area contributed by atoms with E-state index in [1.165, 1.54) is 16.3 Å². The second-order valence-electron chi connectivity index (χ2n) is 3.14. The molecule has 15 heavy (non-hydrogen) atoms. The first-order valence-corrected chi connectivity index (χ1v) is 4.60. The Balaban J connectivity index is 0.000000245. The highest BCUT2D eigenvalue weighted by atomic mass is 16.5. The Morgan fingerprint density at radius 1 is 0.867 bits per heavy atom. The van der Waals surface area contributed by atoms with Crippen LogP contribution in [0.4, 0.5) is 0 Å². The maximum Gasteiger partial charge on any atom is 0.631 e. The van der Waals surface area contributed by atoms with E-state index in [9.17, 15) is 0 Å². The minimum Gasteiger partial charge on any atom is -0.402 e. The van der Waals surface area contributed by atoms with E-state index >= 15 is 0 Å². The Morgan fingerprint density at radius 2 is 1.40 bits per heavy atom. The minimum atomic E-state index is -2.17. The highest BCUT2D eigenvalue weighted by Crippen LogP contribution is 2.16. The molecule has 0 aliphatic carbocycles. The van der Waals surface area contributed by atoms with Crippen LogP contribution in [0.2, 0.25) is 0 Å². The number of hydrogen-bond acceptors (Lipinski definition) is 3. The minimum absolute atomic E-state index is 1.33. The van der Waals surface area contributed by atoms with E-state index in [4.69, 9.17) is 15.1 Å². The van der Waals surface area contributed by atoms with Crippen molar-refractivity contribution in [3.8, 4) is 0 Å². The summed E-state index contributed by atoms with van der Waals surface area (Å²) in [7, 11) is -2.17. The van der Waals surface area contributed by atoms with Crippen molar-refractivity contribution < 1.29 is 15.1 Å². The van der Waals surface area contributed by atoms with E-state index in [1.54, 1.807) is 0 Å². The van der Waals surface area contributed by atoms with Gasteiger partial charge in [0.1, 0.15) is 0 Å². The molecule has 0 spiro atoms. The topological polar surface area (TPSA) is 60.7 Å². The third-order valence-electron chi connectivity index (χ3n) is 2.01. The maximum atomic E-state index is 7.17. The van der Waals surface area contributed by atoms with Gasteiger partial charge >= 0.3 is 7.32 Å². The largest absolute Gasteiger partial charge is 0.631 e. The van der Waals surface area contributed by atoms with Gasteiger partial charge in [-0.1, -0.05) is 42.5 Å². The van der Waals surface area contributed by atoms with Crippen LogP contribution in [0, 0.1) is 6.92 Å². The highest BCUT2D eigenvalue weighted by molar-refractivity contribution is 6.30. The zero-order valence-corrected chi connectivity index (χ0v) is 8.46. The van der Waals surface area contributed by atoms with Crippen LogP contribution in [0.15, 0.2) is 42.5 Å². The van der Waals surface area contributed by atoms with Crippen molar-refractivity contribution in [1.29, 1.82) is 0 Å². The van der Waals surface area contributed by atoms with Gasteiger partial charge in [-0.2, -0.15) is 0 Å². The zero-order valence-electron chi connectivity index (χ0n) is 8.46. The summed E-state index contributed by atoms with van der Waals surface area (Å²) in [5.74, 6) is 0. The van der Waals surface area contributed by atoms with Crippen molar-refractivity contribution in [1.82, 2.24) is 0 Å². The molecule has 0 amide bonds. The number of aryl methyl sites for hydroxylation is 1. The number of hydrogen-bond donors (Lipinski definition) is 3. The summed E-state index contributed by atoms with van der Waals surface area (Å²) >= 11 is 0. The van der Waals surface area contributed by atoms with Crippen molar-refractivity contribution in [3.05, 3.63) is 48.0 Å². The lowest BCUT2D eigenvalue weighted by Crippen LogP contribution is -2.07. The summed E-state index contributed by atoms with van der Waals surface area (Å²) in [6.45, 7) is 2.14. The van der Waals surface area contributed by atoms with Crippen LogP contribution < -0.4 is 0 Å². The Bertz CT molecular complexity index is 421. The SMILES string of the molecule is Cc1cccc2ccccc12.OB(O)O. The van der Waals surface area contributed by atoms with Gasteiger partial charge in [0.05, 0.1) is 0 Å². The van der Waals surface area contributed by atoms with Crippen molar-refractivity contribution in [3.63, 3.8) is 0 Å². The molecule has 0 aliphatic rings. The van der Waals surface area contributed by atoms with Gasteiger partial charge in [-0.3, -0.25) is 0 Å². The van der Waals surface area contributed by atoms with Crippen molar-refractivity contribution >= 4 is 18.1 Å². The van der Waals surface area contributed by atoms with Crippen LogP contribution in [0.3, 0.4) is 0 Å². The lowest BCUT2D eigenvalue weighted by Gasteiger charge is -1.98. The predicted octanol–water partition coefficient (Wildman–Crippen LogP) is 1.10. The molecule has 2 rings (SSSR count). The quantitative estimate of drug-likeness (QED) is 0.563. The fraction of sp³-hybridized carbons (Fsp3) is 0.0909. The van der Waals surface area contributed by atoms with Crippen molar-refractivity contribution in [2.24, 2.45) is 0 Å². The third kappa shape index (κ3) is 3.71. The smallest absolute Gasteiger partial charge is 0.402 e. The standard InChI is InChI=1S/C11H10.BH3O3/c1-9-5-4-7-10-6-2-3-8-11(9)10;2-1(3)4/h2-8H,1H3;2-4H. The summed E-state index contributed by atoms with van der Waals surface area (Å²) in [4.78, 5) is 0. The predicted molar refractivity (Wildman–Crippen MR) is 61.1 cm³/mol. The molecule has 4 heteroatoms. The van der Waals surface area contributed by atoms with Gasteiger partial charge < -0.3 is 15.1 Å². The molecule has 0 saturated heterocycles. The molecular formula is C11H13BO3. The van der Waals surface area contributed by atoms with E-state index in [0.717, 1.165) is 0 Å². The molecule has 78 valence electrons. The van der Waals surface area contributed by atoms with Crippen LogP contribution in [-0.2, 0) is 0 Å². The summed E-state index contributed by atoms with van der Waals surface area (Å²) in [5, 5.41) is 24.2. The van der Waals surface area contributed by atoms with E-state index in [2.05, 4.69) is 49.4 Å². The second kappa shape index (κ2) is 5.51. The number of rotatable bonds is 0. The number of fused-ring (bicyclic) bond motifs is 1. The average molecular weight is 204 g/mol. The van der Waals surface area contributed by atoms with E-state index in [1.807, 2.05) is 0 Å². The van der Waals surface area contributed by atoms with Gasteiger partial charge in [-0.15, -0.1) is 0 Å². The van der Waals surface area contributed by atoms with E-state index < -0.39 is 7.32 Å². The van der Waals surface area contributed by atoms with Gasteiger partial charge in [-0.05, 0) is 23.3 Å². The van der Waals surface area contributed by atoms with Gasteiger partial charge in [0, 0.05) is 0 Å². The first-order chi connectivity index (χ1) is 7.11. The normalized spacial score (nSPS) is 9.33. The number of benzene rings is 2. The molecule has 3 N–H and O–H groups in total. The van der Waals surface area contributed by atoms with E-state index in [-0.39, 0.29) is 0 Å². The Labute approximate surface area is 88.8 Å². The molecule has 0 radical (unpaired) electrons. The Morgan fingerprint density at radius 3 is 2.00 bits per heavy atom. The molecule has 0 unspecified atom stereocenters. The molecule has 0 bridgehead atoms. The van der Waals surface area contributed by atoms with E-state index in [0.29, 0.717) is 0 Å². The maximum absolute atomic E-state index is 7.17. The summed E-state index contributed by atoms with van der Waals surface area (Å²) < 4.78 is 0. The molecule has 3 nitrogen and oxygen atoms in total. The molecule has 0 saturated carbocycles. The van der Waals surface area contributed by atoms with Gasteiger partial charge in [0.2, 0.25) is 0 Å². The van der Waals surface area contributed by atoms with Gasteiger partial charge in [0.25, 0.3) is 0 Å². The van der Waals surface area contributed by atoms with Crippen LogP contribution in [0.1, 0.15) is 5.56 Å². The van der Waals surface area contributed by atoms with Crippen LogP contribution in [-0.4, -0.2) is 22.4 Å². The van der Waals surface area contributed by atoms with Crippen LogP contribution >= 0.6 is 0 Å². The molecule has 0 heterocycles. The molecule has 2 aromatic carbocycles. The molecule has 2 aromatic rings. The van der Waals surface area contributed by atoms with Crippen LogP contribution in [0.25, 0.3) is 10.8 Å². The first kappa shape index (κ1) is 11.7. The fourth-order valence-corrected chi connectivity index (χ4v) is 1.39. The molecule has 0 atom stereocenters. The summed E-state index contributed by atoms with van der Waals surface area (Å²) in [6.07, 6.45) is 0. The van der Waals surface area contributed by atoms with Crippen molar-refractivity contribution in [2.75, 3.05) is 0 Å². The Hall–Kier alpha value is -1.36. The lowest BCUT2D eigenvalue weighted by atomic mass is 10.1.